The number of anilines is 2. The molecule has 0 unspecified atom stereocenters. The third-order valence-corrected chi connectivity index (χ3v) is 3.31. The van der Waals surface area contributed by atoms with Crippen LogP contribution >= 0.6 is 0 Å². The fraction of sp³-hybridized carbons (Fsp3) is 0.267. The predicted octanol–water partition coefficient (Wildman–Crippen LogP) is 1.93. The Morgan fingerprint density at radius 1 is 1.30 bits per heavy atom. The van der Waals surface area contributed by atoms with Gasteiger partial charge >= 0.3 is 0 Å². The van der Waals surface area contributed by atoms with E-state index in [-0.39, 0.29) is 0 Å². The Bertz CT molecular complexity index is 642. The quantitative estimate of drug-likeness (QED) is 0.887. The molecule has 1 aliphatic heterocycles. The van der Waals surface area contributed by atoms with Gasteiger partial charge in [-0.3, -0.25) is 0 Å². The lowest BCUT2D eigenvalue weighted by Crippen LogP contribution is -2.25. The summed E-state index contributed by atoms with van der Waals surface area (Å²) in [4.78, 5) is 8.87. The fourth-order valence-corrected chi connectivity index (χ4v) is 2.22. The van der Waals surface area contributed by atoms with E-state index in [1.807, 2.05) is 30.5 Å². The standard InChI is InChI=1S/C15H15N5/c16-7-5-11-1-3-13(4-2-11)19-15-18-9-12-6-8-17-10-14(12)20-15/h1-4,9,17H,5-6,8,10H2,(H,18,19,20). The van der Waals surface area contributed by atoms with Gasteiger partial charge in [0.1, 0.15) is 0 Å². The van der Waals surface area contributed by atoms with E-state index in [1.54, 1.807) is 0 Å². The normalized spacial score (nSPS) is 13.3. The molecule has 3 rings (SSSR count). The van der Waals surface area contributed by atoms with E-state index in [9.17, 15) is 0 Å². The molecule has 0 bridgehead atoms. The van der Waals surface area contributed by atoms with Gasteiger partial charge in [0.15, 0.2) is 0 Å². The summed E-state index contributed by atoms with van der Waals surface area (Å²) >= 11 is 0. The minimum atomic E-state index is 0.432. The van der Waals surface area contributed by atoms with Gasteiger partial charge in [-0.25, -0.2) is 9.97 Å². The fourth-order valence-electron chi connectivity index (χ4n) is 2.22. The van der Waals surface area contributed by atoms with Crippen LogP contribution in [0.1, 0.15) is 16.8 Å². The van der Waals surface area contributed by atoms with Crippen molar-refractivity contribution in [1.29, 1.82) is 5.26 Å². The van der Waals surface area contributed by atoms with Gasteiger partial charge in [0.25, 0.3) is 0 Å². The average molecular weight is 265 g/mol. The van der Waals surface area contributed by atoms with Crippen LogP contribution in [0, 0.1) is 11.3 Å². The van der Waals surface area contributed by atoms with Crippen molar-refractivity contribution in [2.75, 3.05) is 11.9 Å². The van der Waals surface area contributed by atoms with E-state index in [4.69, 9.17) is 5.26 Å². The van der Waals surface area contributed by atoms with Gasteiger partial charge in [0.2, 0.25) is 5.95 Å². The third kappa shape index (κ3) is 2.76. The molecule has 0 saturated heterocycles. The summed E-state index contributed by atoms with van der Waals surface area (Å²) < 4.78 is 0. The van der Waals surface area contributed by atoms with Crippen molar-refractivity contribution in [2.45, 2.75) is 19.4 Å². The van der Waals surface area contributed by atoms with Crippen LogP contribution < -0.4 is 10.6 Å². The van der Waals surface area contributed by atoms with Gasteiger partial charge in [0.05, 0.1) is 18.2 Å². The zero-order chi connectivity index (χ0) is 13.8. The molecule has 1 aliphatic rings. The summed E-state index contributed by atoms with van der Waals surface area (Å²) in [6.07, 6.45) is 3.31. The molecular weight excluding hydrogens is 250 g/mol. The largest absolute Gasteiger partial charge is 0.324 e. The zero-order valence-corrected chi connectivity index (χ0v) is 11.1. The van der Waals surface area contributed by atoms with Crippen molar-refractivity contribution >= 4 is 11.6 Å². The summed E-state index contributed by atoms with van der Waals surface area (Å²) in [6, 6.07) is 9.88. The number of hydrogen-bond donors (Lipinski definition) is 2. The van der Waals surface area contributed by atoms with E-state index in [1.165, 1.54) is 5.56 Å². The number of hydrogen-bond acceptors (Lipinski definition) is 5. The summed E-state index contributed by atoms with van der Waals surface area (Å²) in [7, 11) is 0. The van der Waals surface area contributed by atoms with Crippen LogP contribution in [0.4, 0.5) is 11.6 Å². The van der Waals surface area contributed by atoms with Gasteiger partial charge in [-0.15, -0.1) is 0 Å². The molecule has 2 aromatic rings. The first-order valence-corrected chi connectivity index (χ1v) is 6.63. The number of nitriles is 1. The summed E-state index contributed by atoms with van der Waals surface area (Å²) in [5.41, 5.74) is 4.22. The molecule has 1 aromatic heterocycles. The van der Waals surface area contributed by atoms with Crippen molar-refractivity contribution in [3.63, 3.8) is 0 Å². The molecule has 0 atom stereocenters. The topological polar surface area (TPSA) is 73.6 Å². The van der Waals surface area contributed by atoms with E-state index in [0.29, 0.717) is 12.4 Å². The molecular formula is C15H15N5. The van der Waals surface area contributed by atoms with Crippen molar-refractivity contribution < 1.29 is 0 Å². The first-order chi connectivity index (χ1) is 9.85. The first kappa shape index (κ1) is 12.6. The molecule has 0 spiro atoms. The smallest absolute Gasteiger partial charge is 0.227 e. The molecule has 100 valence electrons. The van der Waals surface area contributed by atoms with E-state index in [2.05, 4.69) is 26.7 Å². The molecule has 0 amide bonds. The maximum atomic E-state index is 8.65. The Hall–Kier alpha value is -2.45. The zero-order valence-electron chi connectivity index (χ0n) is 11.1. The highest BCUT2D eigenvalue weighted by Gasteiger charge is 2.11. The summed E-state index contributed by atoms with van der Waals surface area (Å²) in [5.74, 6) is 0.612. The Kier molecular flexibility index (Phi) is 3.57. The highest BCUT2D eigenvalue weighted by molar-refractivity contribution is 5.54. The molecule has 20 heavy (non-hydrogen) atoms. The van der Waals surface area contributed by atoms with Gasteiger partial charge in [-0.1, -0.05) is 12.1 Å². The molecule has 0 radical (unpaired) electrons. The Balaban J connectivity index is 1.75. The average Bonchev–Trinajstić information content (AvgIpc) is 2.49. The molecule has 5 heteroatoms. The van der Waals surface area contributed by atoms with Crippen LogP contribution in [0.15, 0.2) is 30.5 Å². The highest BCUT2D eigenvalue weighted by Crippen LogP contribution is 2.17. The molecule has 5 nitrogen and oxygen atoms in total. The van der Waals surface area contributed by atoms with E-state index in [0.717, 1.165) is 36.5 Å². The second-order valence-electron chi connectivity index (χ2n) is 4.75. The summed E-state index contributed by atoms with van der Waals surface area (Å²) in [6.45, 7) is 1.79. The molecule has 1 aromatic carbocycles. The van der Waals surface area contributed by atoms with Crippen LogP contribution in [0.5, 0.6) is 0 Å². The molecule has 2 N–H and O–H groups in total. The van der Waals surface area contributed by atoms with Crippen LogP contribution in [0.25, 0.3) is 0 Å². The minimum Gasteiger partial charge on any atom is -0.324 e. The number of rotatable bonds is 3. The van der Waals surface area contributed by atoms with Gasteiger partial charge < -0.3 is 10.6 Å². The maximum absolute atomic E-state index is 8.65. The molecule has 2 heterocycles. The van der Waals surface area contributed by atoms with Crippen molar-refractivity contribution in [3.8, 4) is 6.07 Å². The molecule has 0 aliphatic carbocycles. The lowest BCUT2D eigenvalue weighted by Gasteiger charge is -2.16. The molecule has 0 fully saturated rings. The predicted molar refractivity (Wildman–Crippen MR) is 76.5 cm³/mol. The van der Waals surface area contributed by atoms with Gasteiger partial charge in [-0.2, -0.15) is 5.26 Å². The molecule has 0 saturated carbocycles. The lowest BCUT2D eigenvalue weighted by atomic mass is 10.1. The maximum Gasteiger partial charge on any atom is 0.227 e. The monoisotopic (exact) mass is 265 g/mol. The Morgan fingerprint density at radius 2 is 2.15 bits per heavy atom. The minimum absolute atomic E-state index is 0.432. The Labute approximate surface area is 117 Å². The van der Waals surface area contributed by atoms with Crippen molar-refractivity contribution in [3.05, 3.63) is 47.3 Å². The van der Waals surface area contributed by atoms with Crippen molar-refractivity contribution in [2.24, 2.45) is 0 Å². The van der Waals surface area contributed by atoms with Crippen LogP contribution in [-0.2, 0) is 19.4 Å². The van der Waals surface area contributed by atoms with Crippen LogP contribution in [0.2, 0.25) is 0 Å². The first-order valence-electron chi connectivity index (χ1n) is 6.63. The SMILES string of the molecule is N#CCc1ccc(Nc2ncc3c(n2)CNCC3)cc1. The van der Waals surface area contributed by atoms with Gasteiger partial charge in [-0.05, 0) is 36.2 Å². The van der Waals surface area contributed by atoms with Crippen LogP contribution in [0.3, 0.4) is 0 Å². The number of nitrogens with one attached hydrogen (secondary N) is 2. The number of benzene rings is 1. The highest BCUT2D eigenvalue weighted by atomic mass is 15.1. The third-order valence-electron chi connectivity index (χ3n) is 3.31. The lowest BCUT2D eigenvalue weighted by molar-refractivity contribution is 0.624. The van der Waals surface area contributed by atoms with Gasteiger partial charge in [0, 0.05) is 18.4 Å². The number of aromatic nitrogens is 2. The second-order valence-corrected chi connectivity index (χ2v) is 4.75. The Morgan fingerprint density at radius 3 is 2.95 bits per heavy atom. The van der Waals surface area contributed by atoms with E-state index < -0.39 is 0 Å². The summed E-state index contributed by atoms with van der Waals surface area (Å²) in [5, 5.41) is 15.1. The van der Waals surface area contributed by atoms with Crippen LogP contribution in [-0.4, -0.2) is 16.5 Å². The number of nitrogens with zero attached hydrogens (tertiary/aromatic N) is 3. The second kappa shape index (κ2) is 5.68. The van der Waals surface area contributed by atoms with Crippen molar-refractivity contribution in [1.82, 2.24) is 15.3 Å². The number of fused-ring (bicyclic) bond motifs is 1. The van der Waals surface area contributed by atoms with E-state index >= 15 is 0 Å².